The molecule has 0 spiro atoms. The molecule has 2 N–H and O–H groups in total. The van der Waals surface area contributed by atoms with E-state index >= 15 is 0 Å². The zero-order valence-electron chi connectivity index (χ0n) is 12.2. The summed E-state index contributed by atoms with van der Waals surface area (Å²) in [6, 6.07) is 6.66. The predicted octanol–water partition coefficient (Wildman–Crippen LogP) is 3.86. The van der Waals surface area contributed by atoms with Gasteiger partial charge in [0.2, 0.25) is 0 Å². The standard InChI is InChI=1S/C16H28N2/c1-4-6-10-18(11-7-5-2)16-9-8-14(3)12-15(16)13-17/h8-9,12H,4-7,10-11,13,17H2,1-3H3. The summed E-state index contributed by atoms with van der Waals surface area (Å²) in [5.74, 6) is 0. The van der Waals surface area contributed by atoms with E-state index in [4.69, 9.17) is 5.73 Å². The molecule has 2 heteroatoms. The second kappa shape index (κ2) is 8.15. The number of anilines is 1. The molecule has 0 aliphatic carbocycles. The first kappa shape index (κ1) is 15.0. The minimum Gasteiger partial charge on any atom is -0.371 e. The molecule has 1 aromatic rings. The fraction of sp³-hybridized carbons (Fsp3) is 0.625. The van der Waals surface area contributed by atoms with Crippen molar-refractivity contribution in [3.8, 4) is 0 Å². The maximum Gasteiger partial charge on any atom is 0.0411 e. The highest BCUT2D eigenvalue weighted by atomic mass is 15.1. The number of hydrogen-bond donors (Lipinski definition) is 1. The molecule has 0 fully saturated rings. The van der Waals surface area contributed by atoms with Crippen LogP contribution in [0.15, 0.2) is 18.2 Å². The quantitative estimate of drug-likeness (QED) is 0.757. The van der Waals surface area contributed by atoms with Gasteiger partial charge in [-0.2, -0.15) is 0 Å². The molecule has 1 rings (SSSR count). The van der Waals surface area contributed by atoms with Crippen LogP contribution in [0, 0.1) is 6.92 Å². The van der Waals surface area contributed by atoms with Gasteiger partial charge in [0.15, 0.2) is 0 Å². The number of hydrogen-bond acceptors (Lipinski definition) is 2. The lowest BCUT2D eigenvalue weighted by molar-refractivity contribution is 0.675. The van der Waals surface area contributed by atoms with Crippen LogP contribution in [-0.2, 0) is 6.54 Å². The topological polar surface area (TPSA) is 29.3 Å². The van der Waals surface area contributed by atoms with Crippen LogP contribution in [0.3, 0.4) is 0 Å². The first-order chi connectivity index (χ1) is 8.72. The summed E-state index contributed by atoms with van der Waals surface area (Å²) in [6.07, 6.45) is 4.99. The molecule has 0 saturated heterocycles. The Morgan fingerprint density at radius 3 is 2.17 bits per heavy atom. The summed E-state index contributed by atoms with van der Waals surface area (Å²) in [4.78, 5) is 2.51. The van der Waals surface area contributed by atoms with Gasteiger partial charge in [-0.05, 0) is 31.4 Å². The molecule has 0 atom stereocenters. The number of benzene rings is 1. The van der Waals surface area contributed by atoms with Crippen LogP contribution in [0.25, 0.3) is 0 Å². The zero-order valence-corrected chi connectivity index (χ0v) is 12.2. The van der Waals surface area contributed by atoms with Gasteiger partial charge in [0.1, 0.15) is 0 Å². The Kier molecular flexibility index (Phi) is 6.81. The fourth-order valence-corrected chi connectivity index (χ4v) is 2.24. The van der Waals surface area contributed by atoms with E-state index in [0.29, 0.717) is 6.54 Å². The summed E-state index contributed by atoms with van der Waals surface area (Å²) in [6.45, 7) is 9.55. The lowest BCUT2D eigenvalue weighted by Gasteiger charge is -2.27. The van der Waals surface area contributed by atoms with Crippen molar-refractivity contribution in [3.63, 3.8) is 0 Å². The zero-order chi connectivity index (χ0) is 13.4. The molecule has 0 saturated carbocycles. The van der Waals surface area contributed by atoms with E-state index in [9.17, 15) is 0 Å². The van der Waals surface area contributed by atoms with E-state index in [1.54, 1.807) is 0 Å². The fourth-order valence-electron chi connectivity index (χ4n) is 2.24. The molecule has 102 valence electrons. The first-order valence-corrected chi connectivity index (χ1v) is 7.27. The van der Waals surface area contributed by atoms with Gasteiger partial charge in [0.05, 0.1) is 0 Å². The van der Waals surface area contributed by atoms with Gasteiger partial charge >= 0.3 is 0 Å². The van der Waals surface area contributed by atoms with E-state index in [2.05, 4.69) is 43.9 Å². The van der Waals surface area contributed by atoms with Crippen molar-refractivity contribution in [3.05, 3.63) is 29.3 Å². The highest BCUT2D eigenvalue weighted by Crippen LogP contribution is 2.22. The van der Waals surface area contributed by atoms with Crippen LogP contribution in [0.2, 0.25) is 0 Å². The third kappa shape index (κ3) is 4.34. The number of nitrogens with two attached hydrogens (primary N) is 1. The minimum atomic E-state index is 0.631. The molecule has 0 aliphatic heterocycles. The van der Waals surface area contributed by atoms with Crippen LogP contribution in [-0.4, -0.2) is 13.1 Å². The molecule has 0 unspecified atom stereocenters. The van der Waals surface area contributed by atoms with Crippen molar-refractivity contribution in [2.45, 2.75) is 53.0 Å². The Hall–Kier alpha value is -1.02. The number of unbranched alkanes of at least 4 members (excludes halogenated alkanes) is 2. The largest absolute Gasteiger partial charge is 0.371 e. The van der Waals surface area contributed by atoms with E-state index in [-0.39, 0.29) is 0 Å². The molecule has 0 bridgehead atoms. The van der Waals surface area contributed by atoms with Crippen molar-refractivity contribution in [1.82, 2.24) is 0 Å². The molecule has 0 heterocycles. The molecule has 0 radical (unpaired) electrons. The molecular formula is C16H28N2. The normalized spacial score (nSPS) is 10.7. The minimum absolute atomic E-state index is 0.631. The van der Waals surface area contributed by atoms with Gasteiger partial charge in [-0.3, -0.25) is 0 Å². The van der Waals surface area contributed by atoms with Gasteiger partial charge in [-0.25, -0.2) is 0 Å². The maximum atomic E-state index is 5.89. The Bertz CT molecular complexity index is 339. The van der Waals surface area contributed by atoms with Crippen molar-refractivity contribution in [2.24, 2.45) is 5.73 Å². The number of rotatable bonds is 8. The monoisotopic (exact) mass is 248 g/mol. The van der Waals surface area contributed by atoms with Crippen LogP contribution >= 0.6 is 0 Å². The summed E-state index contributed by atoms with van der Waals surface area (Å²) < 4.78 is 0. The van der Waals surface area contributed by atoms with Crippen molar-refractivity contribution >= 4 is 5.69 Å². The molecule has 1 aromatic carbocycles. The van der Waals surface area contributed by atoms with E-state index in [1.165, 1.54) is 42.5 Å². The van der Waals surface area contributed by atoms with E-state index in [0.717, 1.165) is 13.1 Å². The third-order valence-corrected chi connectivity index (χ3v) is 3.36. The average Bonchev–Trinajstić information content (AvgIpc) is 2.39. The SMILES string of the molecule is CCCCN(CCCC)c1ccc(C)cc1CN. The summed E-state index contributed by atoms with van der Waals surface area (Å²) in [7, 11) is 0. The van der Waals surface area contributed by atoms with E-state index < -0.39 is 0 Å². The van der Waals surface area contributed by atoms with Crippen LogP contribution in [0.1, 0.15) is 50.7 Å². The predicted molar refractivity (Wildman–Crippen MR) is 81.1 cm³/mol. The molecule has 0 aromatic heterocycles. The van der Waals surface area contributed by atoms with E-state index in [1.807, 2.05) is 0 Å². The van der Waals surface area contributed by atoms with Gasteiger partial charge in [-0.15, -0.1) is 0 Å². The van der Waals surface area contributed by atoms with Gasteiger partial charge < -0.3 is 10.6 Å². The number of aryl methyl sites for hydroxylation is 1. The highest BCUT2D eigenvalue weighted by molar-refractivity contribution is 5.55. The van der Waals surface area contributed by atoms with Crippen LogP contribution in [0.5, 0.6) is 0 Å². The van der Waals surface area contributed by atoms with Crippen molar-refractivity contribution in [2.75, 3.05) is 18.0 Å². The van der Waals surface area contributed by atoms with Crippen molar-refractivity contribution in [1.29, 1.82) is 0 Å². The van der Waals surface area contributed by atoms with Crippen LogP contribution < -0.4 is 10.6 Å². The average molecular weight is 248 g/mol. The Balaban J connectivity index is 2.88. The van der Waals surface area contributed by atoms with Crippen LogP contribution in [0.4, 0.5) is 5.69 Å². The third-order valence-electron chi connectivity index (χ3n) is 3.36. The molecule has 0 amide bonds. The lowest BCUT2D eigenvalue weighted by atomic mass is 10.1. The smallest absolute Gasteiger partial charge is 0.0411 e. The maximum absolute atomic E-state index is 5.89. The Morgan fingerprint density at radius 2 is 1.67 bits per heavy atom. The Morgan fingerprint density at radius 1 is 1.06 bits per heavy atom. The lowest BCUT2D eigenvalue weighted by Crippen LogP contribution is -2.27. The molecule has 2 nitrogen and oxygen atoms in total. The Labute approximate surface area is 112 Å². The second-order valence-corrected chi connectivity index (χ2v) is 5.03. The second-order valence-electron chi connectivity index (χ2n) is 5.03. The van der Waals surface area contributed by atoms with Gasteiger partial charge in [-0.1, -0.05) is 44.4 Å². The van der Waals surface area contributed by atoms with Gasteiger partial charge in [0.25, 0.3) is 0 Å². The molecule has 0 aliphatic rings. The first-order valence-electron chi connectivity index (χ1n) is 7.27. The highest BCUT2D eigenvalue weighted by Gasteiger charge is 2.09. The summed E-state index contributed by atoms with van der Waals surface area (Å²) in [5, 5.41) is 0. The molecule has 18 heavy (non-hydrogen) atoms. The summed E-state index contributed by atoms with van der Waals surface area (Å²) in [5.41, 5.74) is 9.80. The van der Waals surface area contributed by atoms with Crippen molar-refractivity contribution < 1.29 is 0 Å². The summed E-state index contributed by atoms with van der Waals surface area (Å²) >= 11 is 0. The van der Waals surface area contributed by atoms with Gasteiger partial charge in [0, 0.05) is 25.3 Å². The number of nitrogens with zero attached hydrogens (tertiary/aromatic N) is 1. The molecular weight excluding hydrogens is 220 g/mol.